The first-order valence-corrected chi connectivity index (χ1v) is 9.13. The number of hydrogen-bond donors (Lipinski definition) is 1. The molecule has 0 N–H and O–H groups in total. The molecule has 1 rings (SSSR count). The fourth-order valence-corrected chi connectivity index (χ4v) is 2.96. The van der Waals surface area contributed by atoms with Crippen LogP contribution in [0, 0.1) is 6.92 Å². The first-order valence-electron chi connectivity index (χ1n) is 8.50. The fraction of sp³-hybridized carbons (Fsp3) is 0.684. The van der Waals surface area contributed by atoms with E-state index in [4.69, 9.17) is 0 Å². The van der Waals surface area contributed by atoms with Gasteiger partial charge in [-0.2, -0.15) is 12.6 Å². The third kappa shape index (κ3) is 8.68. The van der Waals surface area contributed by atoms with Crippen molar-refractivity contribution in [2.75, 3.05) is 5.75 Å². The molecule has 0 nitrogen and oxygen atoms in total. The molecule has 0 unspecified atom stereocenters. The first kappa shape index (κ1) is 17.6. The number of hydrogen-bond acceptors (Lipinski definition) is 1. The van der Waals surface area contributed by atoms with Gasteiger partial charge in [0.1, 0.15) is 0 Å². The van der Waals surface area contributed by atoms with Gasteiger partial charge < -0.3 is 0 Å². The molecule has 1 aromatic rings. The van der Waals surface area contributed by atoms with E-state index in [0.29, 0.717) is 0 Å². The predicted octanol–water partition coefficient (Wildman–Crippen LogP) is 6.37. The molecule has 0 bridgehead atoms. The summed E-state index contributed by atoms with van der Waals surface area (Å²) in [6, 6.07) is 8.80. The van der Waals surface area contributed by atoms with Crippen LogP contribution in [0.2, 0.25) is 0 Å². The molecule has 0 aromatic heterocycles. The molecule has 1 heteroatoms. The number of aryl methyl sites for hydroxylation is 2. The van der Waals surface area contributed by atoms with Gasteiger partial charge in [0.05, 0.1) is 0 Å². The van der Waals surface area contributed by atoms with E-state index in [1.165, 1.54) is 81.8 Å². The first-order chi connectivity index (χ1) is 9.84. The molecule has 0 atom stereocenters. The highest BCUT2D eigenvalue weighted by molar-refractivity contribution is 7.80. The Hall–Kier alpha value is -0.430. The Morgan fingerprint density at radius 3 is 1.75 bits per heavy atom. The Kier molecular flexibility index (Phi) is 10.9. The van der Waals surface area contributed by atoms with Crippen LogP contribution in [0.1, 0.15) is 75.3 Å². The number of benzene rings is 1. The largest absolute Gasteiger partial charge is 0.179 e. The Morgan fingerprint density at radius 1 is 0.700 bits per heavy atom. The molecular formula is C19H32S. The van der Waals surface area contributed by atoms with Crippen molar-refractivity contribution in [1.29, 1.82) is 0 Å². The van der Waals surface area contributed by atoms with Gasteiger partial charge in [-0.15, -0.1) is 0 Å². The van der Waals surface area contributed by atoms with Crippen LogP contribution in [0.3, 0.4) is 0 Å². The molecule has 0 aliphatic rings. The highest BCUT2D eigenvalue weighted by Crippen LogP contribution is 2.14. The Balaban J connectivity index is 1.87. The predicted molar refractivity (Wildman–Crippen MR) is 94.9 cm³/mol. The zero-order valence-electron chi connectivity index (χ0n) is 13.2. The van der Waals surface area contributed by atoms with Gasteiger partial charge in [-0.05, 0) is 43.1 Å². The Labute approximate surface area is 131 Å². The summed E-state index contributed by atoms with van der Waals surface area (Å²) in [6.07, 6.45) is 15.2. The monoisotopic (exact) mass is 292 g/mol. The molecule has 0 saturated heterocycles. The van der Waals surface area contributed by atoms with Crippen LogP contribution in [-0.2, 0) is 6.42 Å². The van der Waals surface area contributed by atoms with Crippen molar-refractivity contribution < 1.29 is 0 Å². The van der Waals surface area contributed by atoms with Crippen molar-refractivity contribution in [3.05, 3.63) is 35.4 Å². The molecule has 0 amide bonds. The average Bonchev–Trinajstić information content (AvgIpc) is 2.46. The Bertz CT molecular complexity index is 332. The summed E-state index contributed by atoms with van der Waals surface area (Å²) in [7, 11) is 0. The topological polar surface area (TPSA) is 0 Å². The van der Waals surface area contributed by atoms with Crippen molar-refractivity contribution in [3.63, 3.8) is 0 Å². The van der Waals surface area contributed by atoms with Gasteiger partial charge in [-0.1, -0.05) is 75.6 Å². The molecule has 0 aliphatic heterocycles. The van der Waals surface area contributed by atoms with Crippen molar-refractivity contribution >= 4 is 12.6 Å². The maximum atomic E-state index is 4.24. The van der Waals surface area contributed by atoms with Gasteiger partial charge in [0.15, 0.2) is 0 Å². The van der Waals surface area contributed by atoms with Gasteiger partial charge in [0, 0.05) is 0 Å². The van der Waals surface area contributed by atoms with E-state index >= 15 is 0 Å². The highest BCUT2D eigenvalue weighted by Gasteiger charge is 1.97. The second-order valence-electron chi connectivity index (χ2n) is 5.94. The summed E-state index contributed by atoms with van der Waals surface area (Å²) in [4.78, 5) is 0. The molecule has 0 saturated carbocycles. The average molecular weight is 293 g/mol. The smallest absolute Gasteiger partial charge is 0.00979 e. The SMILES string of the molecule is Cc1ccccc1CCCCCCCCCCCCS. The second-order valence-corrected chi connectivity index (χ2v) is 6.38. The minimum absolute atomic E-state index is 1.06. The van der Waals surface area contributed by atoms with E-state index in [2.05, 4.69) is 43.8 Å². The quantitative estimate of drug-likeness (QED) is 0.336. The summed E-state index contributed by atoms with van der Waals surface area (Å²) in [5, 5.41) is 0. The molecule has 20 heavy (non-hydrogen) atoms. The van der Waals surface area contributed by atoms with E-state index in [9.17, 15) is 0 Å². The molecular weight excluding hydrogens is 260 g/mol. The lowest BCUT2D eigenvalue weighted by Crippen LogP contribution is -1.89. The van der Waals surface area contributed by atoms with E-state index in [1.54, 1.807) is 0 Å². The van der Waals surface area contributed by atoms with E-state index in [-0.39, 0.29) is 0 Å². The van der Waals surface area contributed by atoms with E-state index in [1.807, 2.05) is 0 Å². The maximum absolute atomic E-state index is 4.24. The van der Waals surface area contributed by atoms with Gasteiger partial charge in [0.25, 0.3) is 0 Å². The summed E-state index contributed by atoms with van der Waals surface area (Å²) < 4.78 is 0. The molecule has 114 valence electrons. The highest BCUT2D eigenvalue weighted by atomic mass is 32.1. The van der Waals surface area contributed by atoms with Gasteiger partial charge in [-0.25, -0.2) is 0 Å². The van der Waals surface area contributed by atoms with Crippen molar-refractivity contribution in [1.82, 2.24) is 0 Å². The summed E-state index contributed by atoms with van der Waals surface area (Å²) >= 11 is 4.24. The maximum Gasteiger partial charge on any atom is -0.00979 e. The van der Waals surface area contributed by atoms with Crippen molar-refractivity contribution in [2.45, 2.75) is 77.6 Å². The van der Waals surface area contributed by atoms with Crippen LogP contribution in [-0.4, -0.2) is 5.75 Å². The number of thiol groups is 1. The van der Waals surface area contributed by atoms with Gasteiger partial charge in [0.2, 0.25) is 0 Å². The molecule has 1 aromatic carbocycles. The number of unbranched alkanes of at least 4 members (excludes halogenated alkanes) is 9. The van der Waals surface area contributed by atoms with E-state index < -0.39 is 0 Å². The second kappa shape index (κ2) is 12.3. The molecule has 0 fully saturated rings. The normalized spacial score (nSPS) is 10.9. The van der Waals surface area contributed by atoms with Crippen LogP contribution in [0.25, 0.3) is 0 Å². The summed E-state index contributed by atoms with van der Waals surface area (Å²) in [5.74, 6) is 1.06. The van der Waals surface area contributed by atoms with Crippen LogP contribution in [0.4, 0.5) is 0 Å². The molecule has 0 radical (unpaired) electrons. The van der Waals surface area contributed by atoms with Gasteiger partial charge >= 0.3 is 0 Å². The van der Waals surface area contributed by atoms with Crippen LogP contribution >= 0.6 is 12.6 Å². The molecule has 0 aliphatic carbocycles. The van der Waals surface area contributed by atoms with Crippen LogP contribution < -0.4 is 0 Å². The lowest BCUT2D eigenvalue weighted by molar-refractivity contribution is 0.557. The fourth-order valence-electron chi connectivity index (χ4n) is 2.73. The van der Waals surface area contributed by atoms with Gasteiger partial charge in [-0.3, -0.25) is 0 Å². The van der Waals surface area contributed by atoms with Crippen molar-refractivity contribution in [3.8, 4) is 0 Å². The summed E-state index contributed by atoms with van der Waals surface area (Å²) in [6.45, 7) is 2.23. The Morgan fingerprint density at radius 2 is 1.20 bits per heavy atom. The minimum Gasteiger partial charge on any atom is -0.179 e. The lowest BCUT2D eigenvalue weighted by Gasteiger charge is -2.05. The van der Waals surface area contributed by atoms with E-state index in [0.717, 1.165) is 5.75 Å². The van der Waals surface area contributed by atoms with Crippen LogP contribution in [0.15, 0.2) is 24.3 Å². The third-order valence-corrected chi connectivity index (χ3v) is 4.43. The standard InChI is InChI=1S/C19H32S/c1-18-14-11-12-16-19(18)15-10-8-6-4-2-3-5-7-9-13-17-20/h11-12,14,16,20H,2-10,13,15,17H2,1H3. The van der Waals surface area contributed by atoms with Crippen LogP contribution in [0.5, 0.6) is 0 Å². The third-order valence-electron chi connectivity index (χ3n) is 4.12. The molecule has 0 spiro atoms. The minimum atomic E-state index is 1.06. The lowest BCUT2D eigenvalue weighted by atomic mass is 10.0. The zero-order chi connectivity index (χ0) is 14.5. The number of rotatable bonds is 12. The summed E-state index contributed by atoms with van der Waals surface area (Å²) in [5.41, 5.74) is 2.99. The van der Waals surface area contributed by atoms with Crippen molar-refractivity contribution in [2.24, 2.45) is 0 Å². The zero-order valence-corrected chi connectivity index (χ0v) is 14.1. The molecule has 0 heterocycles.